The number of alkyl halides is 1. The van der Waals surface area contributed by atoms with Gasteiger partial charge in [0.15, 0.2) is 0 Å². The molecule has 82 valence electrons. The van der Waals surface area contributed by atoms with E-state index in [0.29, 0.717) is 16.3 Å². The van der Waals surface area contributed by atoms with E-state index in [1.165, 1.54) is 0 Å². The van der Waals surface area contributed by atoms with Crippen LogP contribution in [0.5, 0.6) is 0 Å². The molecule has 16 heavy (non-hydrogen) atoms. The molecular formula is C11H8BrClN2S. The van der Waals surface area contributed by atoms with Crippen LogP contribution in [0, 0.1) is 4.64 Å². The lowest BCUT2D eigenvalue weighted by Crippen LogP contribution is -1.96. The summed E-state index contributed by atoms with van der Waals surface area (Å²) in [5.41, 5.74) is 1.96. The fourth-order valence-corrected chi connectivity index (χ4v) is 2.13. The Hall–Kier alpha value is -0.710. The molecule has 2 nitrogen and oxygen atoms in total. The summed E-state index contributed by atoms with van der Waals surface area (Å²) in [5.74, 6) is 0.991. The summed E-state index contributed by atoms with van der Waals surface area (Å²) < 4.78 is 1.32. The Morgan fingerprint density at radius 3 is 2.62 bits per heavy atom. The summed E-state index contributed by atoms with van der Waals surface area (Å²) in [5, 5.41) is 0. The van der Waals surface area contributed by atoms with E-state index in [1.54, 1.807) is 0 Å². The van der Waals surface area contributed by atoms with Gasteiger partial charge in [0, 0.05) is 0 Å². The predicted molar refractivity (Wildman–Crippen MR) is 72.1 cm³/mol. The van der Waals surface area contributed by atoms with Gasteiger partial charge in [-0.2, -0.15) is 0 Å². The van der Waals surface area contributed by atoms with Crippen molar-refractivity contribution >= 4 is 39.7 Å². The Kier molecular flexibility index (Phi) is 3.74. The molecule has 1 N–H and O–H groups in total. The summed E-state index contributed by atoms with van der Waals surface area (Å²) in [6.07, 6.45) is 0. The van der Waals surface area contributed by atoms with E-state index >= 15 is 0 Å². The zero-order valence-electron chi connectivity index (χ0n) is 8.21. The Balaban J connectivity index is 2.65. The van der Waals surface area contributed by atoms with Crippen molar-refractivity contribution in [2.75, 3.05) is 0 Å². The third-order valence-corrected chi connectivity index (χ3v) is 3.69. The van der Waals surface area contributed by atoms with Crippen molar-refractivity contribution in [2.45, 2.75) is 5.88 Å². The lowest BCUT2D eigenvalue weighted by atomic mass is 10.1. The van der Waals surface area contributed by atoms with Crippen molar-refractivity contribution in [1.82, 2.24) is 9.97 Å². The molecule has 2 rings (SSSR count). The van der Waals surface area contributed by atoms with Gasteiger partial charge >= 0.3 is 0 Å². The number of hydrogen-bond acceptors (Lipinski definition) is 2. The summed E-state index contributed by atoms with van der Waals surface area (Å²) in [4.78, 5) is 7.32. The third-order valence-electron chi connectivity index (χ3n) is 2.10. The monoisotopic (exact) mass is 314 g/mol. The van der Waals surface area contributed by atoms with E-state index in [9.17, 15) is 0 Å². The number of halogens is 2. The Morgan fingerprint density at radius 2 is 2.00 bits per heavy atom. The normalized spacial score (nSPS) is 10.4. The van der Waals surface area contributed by atoms with E-state index in [1.807, 2.05) is 30.3 Å². The number of benzene rings is 1. The molecule has 0 aliphatic carbocycles. The highest BCUT2D eigenvalue weighted by Crippen LogP contribution is 2.26. The predicted octanol–water partition coefficient (Wildman–Crippen LogP) is 4.31. The van der Waals surface area contributed by atoms with E-state index < -0.39 is 0 Å². The van der Waals surface area contributed by atoms with Gasteiger partial charge in [-0.05, 0) is 21.5 Å². The first-order valence-corrected chi connectivity index (χ1v) is 6.36. The maximum absolute atomic E-state index is 5.76. The maximum Gasteiger partial charge on any atom is 0.144 e. The van der Waals surface area contributed by atoms with E-state index in [0.717, 1.165) is 15.7 Å². The van der Waals surface area contributed by atoms with Crippen LogP contribution in [0.3, 0.4) is 0 Å². The quantitative estimate of drug-likeness (QED) is 0.661. The van der Waals surface area contributed by atoms with Crippen LogP contribution in [0.25, 0.3) is 11.3 Å². The Bertz CT molecular complexity index is 554. The van der Waals surface area contributed by atoms with Crippen molar-refractivity contribution < 1.29 is 0 Å². The highest BCUT2D eigenvalue weighted by Gasteiger charge is 2.07. The Labute approximate surface area is 112 Å². The Morgan fingerprint density at radius 1 is 1.31 bits per heavy atom. The molecule has 5 heteroatoms. The molecular weight excluding hydrogens is 308 g/mol. The minimum Gasteiger partial charge on any atom is -0.341 e. The number of aromatic amines is 1. The van der Waals surface area contributed by atoms with Crippen LogP contribution in [0.2, 0.25) is 0 Å². The zero-order valence-corrected chi connectivity index (χ0v) is 11.4. The second-order valence-electron chi connectivity index (χ2n) is 3.18. The van der Waals surface area contributed by atoms with Gasteiger partial charge in [-0.25, -0.2) is 4.98 Å². The number of aromatic nitrogens is 2. The fourth-order valence-electron chi connectivity index (χ4n) is 1.37. The first-order valence-electron chi connectivity index (χ1n) is 4.62. The largest absolute Gasteiger partial charge is 0.341 e. The average Bonchev–Trinajstić information content (AvgIpc) is 2.33. The molecule has 0 aliphatic heterocycles. The van der Waals surface area contributed by atoms with E-state index in [4.69, 9.17) is 23.8 Å². The van der Waals surface area contributed by atoms with Crippen LogP contribution >= 0.6 is 39.7 Å². The maximum atomic E-state index is 5.76. The van der Waals surface area contributed by atoms with Gasteiger partial charge in [0.1, 0.15) is 10.5 Å². The first-order chi connectivity index (χ1) is 7.72. The van der Waals surface area contributed by atoms with Crippen molar-refractivity contribution in [3.63, 3.8) is 0 Å². The van der Waals surface area contributed by atoms with Crippen LogP contribution in [0.4, 0.5) is 0 Å². The van der Waals surface area contributed by atoms with E-state index in [-0.39, 0.29) is 0 Å². The number of H-pyrrole nitrogens is 1. The van der Waals surface area contributed by atoms with Gasteiger partial charge in [0.25, 0.3) is 0 Å². The molecule has 0 saturated carbocycles. The molecule has 2 aromatic rings. The molecule has 1 aromatic carbocycles. The zero-order chi connectivity index (χ0) is 11.5. The lowest BCUT2D eigenvalue weighted by Gasteiger charge is -2.06. The molecule has 0 bridgehead atoms. The van der Waals surface area contributed by atoms with Crippen molar-refractivity contribution in [2.24, 2.45) is 0 Å². The molecule has 0 atom stereocenters. The minimum absolute atomic E-state index is 0.316. The second kappa shape index (κ2) is 5.08. The van der Waals surface area contributed by atoms with Crippen LogP contribution in [-0.2, 0) is 5.88 Å². The average molecular weight is 316 g/mol. The third kappa shape index (κ3) is 2.34. The molecule has 0 fully saturated rings. The standard InChI is InChI=1S/C11H8BrClN2S/c12-9-10(7-4-2-1-3-5-7)14-8(6-13)15-11(9)16/h1-5H,6H2,(H,14,15,16). The SMILES string of the molecule is S=c1nc(CCl)[nH]c(-c2ccccc2)c1Br. The van der Waals surface area contributed by atoms with Crippen LogP contribution in [-0.4, -0.2) is 9.97 Å². The fraction of sp³-hybridized carbons (Fsp3) is 0.0909. The van der Waals surface area contributed by atoms with Gasteiger partial charge in [-0.3, -0.25) is 0 Å². The van der Waals surface area contributed by atoms with Crippen LogP contribution < -0.4 is 0 Å². The molecule has 0 saturated heterocycles. The molecule has 1 aromatic heterocycles. The van der Waals surface area contributed by atoms with Gasteiger partial charge in [-0.15, -0.1) is 11.6 Å². The smallest absolute Gasteiger partial charge is 0.144 e. The molecule has 1 heterocycles. The highest BCUT2D eigenvalue weighted by molar-refractivity contribution is 9.10. The summed E-state index contributed by atoms with van der Waals surface area (Å²) in [7, 11) is 0. The molecule has 0 unspecified atom stereocenters. The van der Waals surface area contributed by atoms with Crippen molar-refractivity contribution in [3.8, 4) is 11.3 Å². The number of nitrogens with zero attached hydrogens (tertiary/aromatic N) is 1. The van der Waals surface area contributed by atoms with Gasteiger partial charge < -0.3 is 4.98 Å². The summed E-state index contributed by atoms with van der Waals surface area (Å²) in [6, 6.07) is 9.92. The van der Waals surface area contributed by atoms with Gasteiger partial charge in [-0.1, -0.05) is 42.5 Å². The molecule has 0 radical (unpaired) electrons. The van der Waals surface area contributed by atoms with E-state index in [2.05, 4.69) is 25.9 Å². The minimum atomic E-state index is 0.316. The molecule has 0 spiro atoms. The van der Waals surface area contributed by atoms with Crippen molar-refractivity contribution in [1.29, 1.82) is 0 Å². The summed E-state index contributed by atoms with van der Waals surface area (Å²) >= 11 is 14.4. The van der Waals surface area contributed by atoms with Gasteiger partial charge in [0.05, 0.1) is 16.0 Å². The second-order valence-corrected chi connectivity index (χ2v) is 4.62. The number of hydrogen-bond donors (Lipinski definition) is 1. The summed E-state index contributed by atoms with van der Waals surface area (Å²) in [6.45, 7) is 0. The highest BCUT2D eigenvalue weighted by atomic mass is 79.9. The lowest BCUT2D eigenvalue weighted by molar-refractivity contribution is 1.01. The van der Waals surface area contributed by atoms with Crippen molar-refractivity contribution in [3.05, 3.63) is 45.3 Å². The molecule has 0 aliphatic rings. The number of nitrogens with one attached hydrogen (secondary N) is 1. The first kappa shape index (κ1) is 11.8. The topological polar surface area (TPSA) is 28.7 Å². The number of rotatable bonds is 2. The van der Waals surface area contributed by atoms with Gasteiger partial charge in [0.2, 0.25) is 0 Å². The van der Waals surface area contributed by atoms with Crippen LogP contribution in [0.15, 0.2) is 34.8 Å². The molecule has 0 amide bonds. The van der Waals surface area contributed by atoms with Crippen LogP contribution in [0.1, 0.15) is 5.82 Å².